The topological polar surface area (TPSA) is 133 Å². The number of non-ortho nitro benzene ring substituents is 1. The molecule has 1 N–H and O–H groups in total. The predicted octanol–water partition coefficient (Wildman–Crippen LogP) is 2.66. The molecule has 10 nitrogen and oxygen atoms in total. The van der Waals surface area contributed by atoms with E-state index in [9.17, 15) is 24.5 Å². The fraction of sp³-hybridized carbons (Fsp3) is 0.182. The van der Waals surface area contributed by atoms with Crippen LogP contribution in [0.5, 0.6) is 0 Å². The zero-order valence-corrected chi connectivity index (χ0v) is 18.6. The van der Waals surface area contributed by atoms with Crippen LogP contribution < -0.4 is 11.2 Å². The zero-order chi connectivity index (χ0) is 23.7. The molecule has 0 radical (unpaired) electrons. The first-order valence-electron chi connectivity index (χ1n) is 9.90. The maximum atomic E-state index is 12.7. The molecule has 4 aromatic rings. The Kier molecular flexibility index (Phi) is 5.97. The molecule has 0 aliphatic rings. The number of nitrogens with zero attached hydrogens (tertiary/aromatic N) is 4. The van der Waals surface area contributed by atoms with Gasteiger partial charge in [0.15, 0.2) is 22.1 Å². The van der Waals surface area contributed by atoms with Gasteiger partial charge in [-0.3, -0.25) is 29.3 Å². The SMILES string of the molecule is Cc1ccc(Cn2c(SCC(=O)c3ccc([N+](=O)[O-])cc3)nc3c2c(=O)[nH]c(=O)n3C)cc1. The second-order valence-corrected chi connectivity index (χ2v) is 8.41. The van der Waals surface area contributed by atoms with E-state index >= 15 is 0 Å². The summed E-state index contributed by atoms with van der Waals surface area (Å²) in [4.78, 5) is 54.4. The highest BCUT2D eigenvalue weighted by atomic mass is 32.2. The van der Waals surface area contributed by atoms with Gasteiger partial charge in [0, 0.05) is 24.7 Å². The molecule has 0 amide bonds. The molecule has 4 rings (SSSR count). The summed E-state index contributed by atoms with van der Waals surface area (Å²) in [7, 11) is 1.51. The number of imidazole rings is 1. The summed E-state index contributed by atoms with van der Waals surface area (Å²) in [5.74, 6) is -0.243. The number of hydrogen-bond acceptors (Lipinski definition) is 7. The van der Waals surface area contributed by atoms with Crippen LogP contribution in [0.25, 0.3) is 11.2 Å². The molecule has 11 heteroatoms. The molecule has 0 saturated carbocycles. The second-order valence-electron chi connectivity index (χ2n) is 7.47. The number of nitrogens with one attached hydrogen (secondary N) is 1. The average molecular weight is 465 g/mol. The van der Waals surface area contributed by atoms with Crippen LogP contribution in [0.15, 0.2) is 63.3 Å². The van der Waals surface area contributed by atoms with E-state index in [0.29, 0.717) is 17.3 Å². The Labute approximate surface area is 191 Å². The number of aryl methyl sites for hydroxylation is 2. The van der Waals surface area contributed by atoms with Gasteiger partial charge in [0.05, 0.1) is 17.2 Å². The van der Waals surface area contributed by atoms with Crippen LogP contribution >= 0.6 is 11.8 Å². The first-order valence-corrected chi connectivity index (χ1v) is 10.9. The quantitative estimate of drug-likeness (QED) is 0.192. The van der Waals surface area contributed by atoms with Gasteiger partial charge in [-0.2, -0.15) is 0 Å². The minimum Gasteiger partial charge on any atom is -0.309 e. The Hall–Kier alpha value is -3.99. The van der Waals surface area contributed by atoms with E-state index in [1.54, 1.807) is 4.57 Å². The summed E-state index contributed by atoms with van der Waals surface area (Å²) in [6.07, 6.45) is 0. The van der Waals surface area contributed by atoms with Gasteiger partial charge in [0.1, 0.15) is 0 Å². The van der Waals surface area contributed by atoms with Crippen molar-refractivity contribution < 1.29 is 9.72 Å². The zero-order valence-electron chi connectivity index (χ0n) is 17.8. The molecule has 0 bridgehead atoms. The number of nitro groups is 1. The fourth-order valence-electron chi connectivity index (χ4n) is 3.33. The number of nitro benzene ring substituents is 1. The second kappa shape index (κ2) is 8.87. The molecular formula is C22H19N5O5S. The third kappa shape index (κ3) is 4.48. The summed E-state index contributed by atoms with van der Waals surface area (Å²) in [6.45, 7) is 2.30. The van der Waals surface area contributed by atoms with Crippen LogP contribution in [-0.2, 0) is 13.6 Å². The molecule has 33 heavy (non-hydrogen) atoms. The molecule has 2 aromatic carbocycles. The van der Waals surface area contributed by atoms with Crippen molar-refractivity contribution in [2.75, 3.05) is 5.75 Å². The van der Waals surface area contributed by atoms with Crippen molar-refractivity contribution in [3.8, 4) is 0 Å². The largest absolute Gasteiger partial charge is 0.329 e. The number of ketones is 1. The van der Waals surface area contributed by atoms with Crippen molar-refractivity contribution >= 4 is 34.4 Å². The molecule has 2 heterocycles. The highest BCUT2D eigenvalue weighted by Crippen LogP contribution is 2.24. The number of thioether (sulfide) groups is 1. The Bertz CT molecular complexity index is 1480. The third-order valence-corrected chi connectivity index (χ3v) is 6.14. The van der Waals surface area contributed by atoms with Gasteiger partial charge in [-0.1, -0.05) is 41.6 Å². The van der Waals surface area contributed by atoms with Crippen molar-refractivity contribution in [1.29, 1.82) is 0 Å². The number of Topliss-reactive ketones (excluding diaryl/α,β-unsaturated/α-hetero) is 1. The number of aromatic amines is 1. The average Bonchev–Trinajstić information content (AvgIpc) is 3.16. The fourth-order valence-corrected chi connectivity index (χ4v) is 4.22. The number of fused-ring (bicyclic) bond motifs is 1. The standard InChI is InChI=1S/C22H19N5O5S/c1-13-3-5-14(6-4-13)11-26-18-19(25(2)21(30)24-20(18)29)23-22(26)33-12-17(28)15-7-9-16(10-8-15)27(31)32/h3-10H,11-12H2,1-2H3,(H,24,29,30). The molecule has 2 aromatic heterocycles. The van der Waals surface area contributed by atoms with Gasteiger partial charge in [-0.15, -0.1) is 0 Å². The minimum atomic E-state index is -0.578. The number of benzene rings is 2. The minimum absolute atomic E-state index is 0.000875. The maximum Gasteiger partial charge on any atom is 0.329 e. The molecule has 168 valence electrons. The molecule has 0 spiro atoms. The van der Waals surface area contributed by atoms with Gasteiger partial charge in [-0.25, -0.2) is 9.78 Å². The van der Waals surface area contributed by atoms with E-state index in [0.717, 1.165) is 22.9 Å². The number of carbonyl (C=O) groups excluding carboxylic acids is 1. The molecule has 0 fully saturated rings. The van der Waals surface area contributed by atoms with Crippen molar-refractivity contribution in [1.82, 2.24) is 19.1 Å². The first kappa shape index (κ1) is 22.2. The Morgan fingerprint density at radius 1 is 1.12 bits per heavy atom. The summed E-state index contributed by atoms with van der Waals surface area (Å²) >= 11 is 1.13. The highest BCUT2D eigenvalue weighted by molar-refractivity contribution is 7.99. The normalized spacial score (nSPS) is 11.1. The number of carbonyl (C=O) groups is 1. The van der Waals surface area contributed by atoms with Crippen LogP contribution in [0.2, 0.25) is 0 Å². The van der Waals surface area contributed by atoms with Crippen molar-refractivity contribution in [2.45, 2.75) is 18.6 Å². The Morgan fingerprint density at radius 3 is 2.42 bits per heavy atom. The summed E-state index contributed by atoms with van der Waals surface area (Å²) < 4.78 is 2.94. The van der Waals surface area contributed by atoms with E-state index in [1.807, 2.05) is 31.2 Å². The lowest BCUT2D eigenvalue weighted by molar-refractivity contribution is -0.384. The van der Waals surface area contributed by atoms with E-state index in [-0.39, 0.29) is 28.4 Å². The van der Waals surface area contributed by atoms with Gasteiger partial charge in [-0.05, 0) is 24.6 Å². The van der Waals surface area contributed by atoms with Crippen molar-refractivity contribution in [3.05, 3.63) is 96.2 Å². The van der Waals surface area contributed by atoms with Crippen LogP contribution in [0.1, 0.15) is 21.5 Å². The van der Waals surface area contributed by atoms with Gasteiger partial charge in [0.2, 0.25) is 0 Å². The van der Waals surface area contributed by atoms with E-state index in [4.69, 9.17) is 0 Å². The van der Waals surface area contributed by atoms with E-state index < -0.39 is 16.2 Å². The Morgan fingerprint density at radius 2 is 1.79 bits per heavy atom. The highest BCUT2D eigenvalue weighted by Gasteiger charge is 2.19. The number of H-pyrrole nitrogens is 1. The molecule has 0 aliphatic heterocycles. The maximum absolute atomic E-state index is 12.7. The van der Waals surface area contributed by atoms with Gasteiger partial charge >= 0.3 is 5.69 Å². The summed E-state index contributed by atoms with van der Waals surface area (Å²) in [6, 6.07) is 13.2. The van der Waals surface area contributed by atoms with Crippen LogP contribution in [0, 0.1) is 17.0 Å². The first-order chi connectivity index (χ1) is 15.7. The van der Waals surface area contributed by atoms with Crippen LogP contribution in [-0.4, -0.2) is 35.6 Å². The number of hydrogen-bond donors (Lipinski definition) is 1. The van der Waals surface area contributed by atoms with Gasteiger partial charge in [0.25, 0.3) is 11.2 Å². The predicted molar refractivity (Wildman–Crippen MR) is 124 cm³/mol. The molecule has 0 saturated heterocycles. The van der Waals surface area contributed by atoms with E-state index in [1.165, 1.54) is 35.9 Å². The van der Waals surface area contributed by atoms with Crippen molar-refractivity contribution in [2.24, 2.45) is 7.05 Å². The monoisotopic (exact) mass is 465 g/mol. The number of rotatable bonds is 7. The smallest absolute Gasteiger partial charge is 0.309 e. The lowest BCUT2D eigenvalue weighted by Crippen LogP contribution is -2.29. The lowest BCUT2D eigenvalue weighted by Gasteiger charge is -2.09. The molecular weight excluding hydrogens is 446 g/mol. The summed E-state index contributed by atoms with van der Waals surface area (Å²) in [5.41, 5.74) is 1.59. The van der Waals surface area contributed by atoms with Crippen LogP contribution in [0.3, 0.4) is 0 Å². The van der Waals surface area contributed by atoms with Crippen molar-refractivity contribution in [3.63, 3.8) is 0 Å². The lowest BCUT2D eigenvalue weighted by atomic mass is 10.1. The van der Waals surface area contributed by atoms with E-state index in [2.05, 4.69) is 9.97 Å². The molecule has 0 unspecified atom stereocenters. The molecule has 0 atom stereocenters. The molecule has 0 aliphatic carbocycles. The third-order valence-electron chi connectivity index (χ3n) is 5.17. The van der Waals surface area contributed by atoms with Gasteiger partial charge < -0.3 is 4.57 Å². The number of aromatic nitrogens is 4. The summed E-state index contributed by atoms with van der Waals surface area (Å²) in [5, 5.41) is 11.2. The van der Waals surface area contributed by atoms with Crippen LogP contribution in [0.4, 0.5) is 5.69 Å². The Balaban J connectivity index is 1.69.